The van der Waals surface area contributed by atoms with Crippen LogP contribution in [0.2, 0.25) is 0 Å². The molecule has 3 saturated heterocycles. The van der Waals surface area contributed by atoms with E-state index in [-0.39, 0.29) is 29.7 Å². The molecular formula is C16H25N7O2S. The zero-order valence-corrected chi connectivity index (χ0v) is 15.6. The van der Waals surface area contributed by atoms with Crippen LogP contribution < -0.4 is 5.73 Å². The third kappa shape index (κ3) is 3.46. The molecule has 3 aliphatic heterocycles. The van der Waals surface area contributed by atoms with Crippen LogP contribution in [0.3, 0.4) is 0 Å². The van der Waals surface area contributed by atoms with E-state index in [1.54, 1.807) is 0 Å². The number of nitrogens with two attached hydrogens (primary N) is 1. The summed E-state index contributed by atoms with van der Waals surface area (Å²) in [6.07, 6.45) is 4.40. The Bertz CT molecular complexity index is 675. The molecular weight excluding hydrogens is 354 g/mol. The highest BCUT2D eigenvalue weighted by molar-refractivity contribution is 7.99. The summed E-state index contributed by atoms with van der Waals surface area (Å²) in [5.74, 6) is 1.01. The van der Waals surface area contributed by atoms with Gasteiger partial charge in [0.05, 0.1) is 11.8 Å². The first-order valence-electron chi connectivity index (χ1n) is 9.26. The number of hydrogen-bond donors (Lipinski definition) is 2. The molecule has 0 bridgehead atoms. The highest BCUT2D eigenvalue weighted by Gasteiger charge is 2.45. The highest BCUT2D eigenvalue weighted by Crippen LogP contribution is 2.33. The highest BCUT2D eigenvalue weighted by atomic mass is 32.2. The van der Waals surface area contributed by atoms with Gasteiger partial charge in [0.25, 0.3) is 0 Å². The maximum Gasteiger partial charge on any atom is 0.320 e. The number of amides is 3. The first-order chi connectivity index (χ1) is 12.6. The van der Waals surface area contributed by atoms with Gasteiger partial charge in [-0.3, -0.25) is 4.79 Å². The Balaban J connectivity index is 1.32. The van der Waals surface area contributed by atoms with Crippen molar-refractivity contribution in [2.24, 2.45) is 5.92 Å². The summed E-state index contributed by atoms with van der Waals surface area (Å²) >= 11 is 1.28. The van der Waals surface area contributed by atoms with Crippen molar-refractivity contribution >= 4 is 29.6 Å². The van der Waals surface area contributed by atoms with Gasteiger partial charge in [0.1, 0.15) is 0 Å². The van der Waals surface area contributed by atoms with E-state index in [1.165, 1.54) is 18.2 Å². The molecule has 3 fully saturated rings. The number of nitrogen functional groups attached to an aromatic ring is 1. The van der Waals surface area contributed by atoms with Gasteiger partial charge in [-0.2, -0.15) is 4.98 Å². The van der Waals surface area contributed by atoms with Crippen molar-refractivity contribution in [3.05, 3.63) is 0 Å². The Labute approximate surface area is 156 Å². The summed E-state index contributed by atoms with van der Waals surface area (Å²) in [6.45, 7) is 3.93. The number of piperidine rings is 1. The number of fused-ring (bicyclic) bond motifs is 1. The summed E-state index contributed by atoms with van der Waals surface area (Å²) in [5.41, 5.74) is 5.49. The molecule has 1 aromatic heterocycles. The first kappa shape index (κ1) is 17.4. The van der Waals surface area contributed by atoms with Crippen molar-refractivity contribution in [2.45, 2.75) is 36.9 Å². The number of H-pyrrole nitrogens is 1. The standard InChI is InChI=1S/C16H25N7O2S/c17-14-18-15(20-19-14)26-10-13(24)22-8-11-4-7-23(12(11)9-22)16(25)21-5-2-1-3-6-21/h11-12H,1-10H2,(H3,17,18,19,20)/t11-,12+/m0/s1. The van der Waals surface area contributed by atoms with Crippen molar-refractivity contribution in [3.63, 3.8) is 0 Å². The molecule has 2 atom stereocenters. The van der Waals surface area contributed by atoms with E-state index in [2.05, 4.69) is 15.2 Å². The second-order valence-electron chi connectivity index (χ2n) is 7.23. The number of urea groups is 1. The number of aromatic nitrogens is 3. The van der Waals surface area contributed by atoms with Crippen molar-refractivity contribution in [3.8, 4) is 0 Å². The van der Waals surface area contributed by atoms with Crippen LogP contribution in [0.5, 0.6) is 0 Å². The van der Waals surface area contributed by atoms with Crippen molar-refractivity contribution in [2.75, 3.05) is 44.2 Å². The number of aromatic amines is 1. The lowest BCUT2D eigenvalue weighted by atomic mass is 10.1. The molecule has 4 rings (SSSR count). The van der Waals surface area contributed by atoms with Gasteiger partial charge in [-0.25, -0.2) is 9.89 Å². The summed E-state index contributed by atoms with van der Waals surface area (Å²) in [7, 11) is 0. The van der Waals surface area contributed by atoms with E-state index in [1.807, 2.05) is 14.7 Å². The van der Waals surface area contributed by atoms with Gasteiger partial charge in [-0.05, 0) is 25.7 Å². The van der Waals surface area contributed by atoms with E-state index in [4.69, 9.17) is 5.73 Å². The molecule has 9 nitrogen and oxygen atoms in total. The average molecular weight is 379 g/mol. The Kier molecular flexibility index (Phi) is 4.92. The Morgan fingerprint density at radius 3 is 2.69 bits per heavy atom. The molecule has 4 heterocycles. The maximum absolute atomic E-state index is 12.8. The maximum atomic E-state index is 12.8. The summed E-state index contributed by atoms with van der Waals surface area (Å²) in [5, 5.41) is 6.98. The summed E-state index contributed by atoms with van der Waals surface area (Å²) in [6, 6.07) is 0.328. The van der Waals surface area contributed by atoms with Crippen LogP contribution in [-0.2, 0) is 4.79 Å². The molecule has 0 aromatic carbocycles. The van der Waals surface area contributed by atoms with E-state index in [0.717, 1.165) is 45.4 Å². The van der Waals surface area contributed by atoms with E-state index < -0.39 is 0 Å². The van der Waals surface area contributed by atoms with Crippen LogP contribution in [0.4, 0.5) is 10.7 Å². The van der Waals surface area contributed by atoms with Gasteiger partial charge in [-0.15, -0.1) is 5.10 Å². The van der Waals surface area contributed by atoms with Crippen molar-refractivity contribution in [1.82, 2.24) is 29.9 Å². The second-order valence-corrected chi connectivity index (χ2v) is 8.17. The third-order valence-electron chi connectivity index (χ3n) is 5.58. The minimum absolute atomic E-state index is 0.0677. The largest absolute Gasteiger partial charge is 0.368 e. The lowest BCUT2D eigenvalue weighted by Gasteiger charge is -2.33. The quantitative estimate of drug-likeness (QED) is 0.745. The normalized spacial score (nSPS) is 25.6. The predicted molar refractivity (Wildman–Crippen MR) is 97.5 cm³/mol. The predicted octanol–water partition coefficient (Wildman–Crippen LogP) is 0.618. The molecule has 142 valence electrons. The number of hydrogen-bond acceptors (Lipinski definition) is 6. The summed E-state index contributed by atoms with van der Waals surface area (Å²) in [4.78, 5) is 35.2. The molecule has 0 spiro atoms. The van der Waals surface area contributed by atoms with Crippen molar-refractivity contribution in [1.29, 1.82) is 0 Å². The smallest absolute Gasteiger partial charge is 0.320 e. The van der Waals surface area contributed by atoms with Gasteiger partial charge in [0.2, 0.25) is 17.0 Å². The molecule has 3 N–H and O–H groups in total. The number of thioether (sulfide) groups is 1. The number of likely N-dealkylation sites (tertiary alicyclic amines) is 3. The van der Waals surface area contributed by atoms with Crippen molar-refractivity contribution < 1.29 is 9.59 Å². The van der Waals surface area contributed by atoms with Crippen LogP contribution in [0.25, 0.3) is 0 Å². The molecule has 10 heteroatoms. The lowest BCUT2D eigenvalue weighted by Crippen LogP contribution is -2.49. The van der Waals surface area contributed by atoms with Gasteiger partial charge < -0.3 is 20.4 Å². The minimum Gasteiger partial charge on any atom is -0.368 e. The minimum atomic E-state index is 0.0677. The topological polar surface area (TPSA) is 111 Å². The molecule has 0 aliphatic carbocycles. The lowest BCUT2D eigenvalue weighted by molar-refractivity contribution is -0.127. The fourth-order valence-electron chi connectivity index (χ4n) is 4.21. The Morgan fingerprint density at radius 2 is 1.96 bits per heavy atom. The number of nitrogens with one attached hydrogen (secondary N) is 1. The van der Waals surface area contributed by atoms with E-state index in [9.17, 15) is 9.59 Å². The fraction of sp³-hybridized carbons (Fsp3) is 0.750. The number of anilines is 1. The van der Waals surface area contributed by atoms with Crippen LogP contribution in [0.15, 0.2) is 5.16 Å². The zero-order valence-electron chi connectivity index (χ0n) is 14.8. The van der Waals surface area contributed by atoms with Crippen LogP contribution in [0, 0.1) is 5.92 Å². The molecule has 0 saturated carbocycles. The van der Waals surface area contributed by atoms with Gasteiger partial charge in [0.15, 0.2) is 0 Å². The van der Waals surface area contributed by atoms with Gasteiger partial charge >= 0.3 is 6.03 Å². The SMILES string of the molecule is Nc1nc(SCC(=O)N2C[C@@H]3CCN(C(=O)N4CCCCC4)[C@@H]3C2)n[nH]1. The number of rotatable bonds is 3. The molecule has 0 radical (unpaired) electrons. The van der Waals surface area contributed by atoms with Gasteiger partial charge in [0, 0.05) is 38.6 Å². The Hall–Kier alpha value is -1.97. The fourth-order valence-corrected chi connectivity index (χ4v) is 4.92. The third-order valence-corrected chi connectivity index (χ3v) is 6.41. The van der Waals surface area contributed by atoms with Crippen LogP contribution in [0.1, 0.15) is 25.7 Å². The van der Waals surface area contributed by atoms with E-state index >= 15 is 0 Å². The zero-order chi connectivity index (χ0) is 18.1. The molecule has 26 heavy (non-hydrogen) atoms. The summed E-state index contributed by atoms with van der Waals surface area (Å²) < 4.78 is 0. The van der Waals surface area contributed by atoms with Crippen LogP contribution in [-0.4, -0.2) is 86.3 Å². The monoisotopic (exact) mass is 379 g/mol. The number of carbonyl (C=O) groups is 2. The Morgan fingerprint density at radius 1 is 1.15 bits per heavy atom. The van der Waals surface area contributed by atoms with E-state index in [0.29, 0.717) is 17.6 Å². The van der Waals surface area contributed by atoms with Gasteiger partial charge in [-0.1, -0.05) is 11.8 Å². The molecule has 3 aliphatic rings. The average Bonchev–Trinajstić information content (AvgIpc) is 3.35. The molecule has 0 unspecified atom stereocenters. The second kappa shape index (κ2) is 7.34. The van der Waals surface area contributed by atoms with Crippen LogP contribution >= 0.6 is 11.8 Å². The number of nitrogens with zero attached hydrogens (tertiary/aromatic N) is 5. The molecule has 3 amide bonds. The molecule has 1 aromatic rings. The number of carbonyl (C=O) groups excluding carboxylic acids is 2. The first-order valence-corrected chi connectivity index (χ1v) is 10.2.